The van der Waals surface area contributed by atoms with Crippen molar-refractivity contribution in [2.24, 2.45) is 0 Å². The van der Waals surface area contributed by atoms with E-state index in [1.807, 2.05) is 26.0 Å². The van der Waals surface area contributed by atoms with Gasteiger partial charge in [-0.1, -0.05) is 43.7 Å². The summed E-state index contributed by atoms with van der Waals surface area (Å²) in [5, 5.41) is 0. The van der Waals surface area contributed by atoms with Crippen LogP contribution in [0.3, 0.4) is 0 Å². The van der Waals surface area contributed by atoms with E-state index in [9.17, 15) is 0 Å². The molecule has 0 aliphatic heterocycles. The molecule has 0 amide bonds. The van der Waals surface area contributed by atoms with Crippen LogP contribution in [0.4, 0.5) is 0 Å². The fourth-order valence-corrected chi connectivity index (χ4v) is 1.74. The second kappa shape index (κ2) is 7.22. The highest BCUT2D eigenvalue weighted by Gasteiger charge is 2.13. The maximum atomic E-state index is 5.83. The first-order valence-corrected chi connectivity index (χ1v) is 6.61. The van der Waals surface area contributed by atoms with Gasteiger partial charge >= 0.3 is 0 Å². The summed E-state index contributed by atoms with van der Waals surface area (Å²) in [7, 11) is 0. The highest BCUT2D eigenvalue weighted by Crippen LogP contribution is 2.20. The Bertz CT molecular complexity index is 382. The second-order valence-electron chi connectivity index (χ2n) is 4.81. The first-order valence-electron chi connectivity index (χ1n) is 6.61. The van der Waals surface area contributed by atoms with E-state index in [1.54, 1.807) is 0 Å². The van der Waals surface area contributed by atoms with Crippen molar-refractivity contribution >= 4 is 5.76 Å². The Morgan fingerprint density at radius 2 is 2.06 bits per heavy atom. The maximum Gasteiger partial charge on any atom is 0.200 e. The van der Waals surface area contributed by atoms with Crippen molar-refractivity contribution in [3.05, 3.63) is 42.0 Å². The Morgan fingerprint density at radius 1 is 1.33 bits per heavy atom. The van der Waals surface area contributed by atoms with Gasteiger partial charge in [0.25, 0.3) is 0 Å². The molecular formula is C16H24O2. The third-order valence-corrected chi connectivity index (χ3v) is 2.56. The fourth-order valence-electron chi connectivity index (χ4n) is 1.74. The van der Waals surface area contributed by atoms with E-state index < -0.39 is 0 Å². The molecular weight excluding hydrogens is 224 g/mol. The maximum absolute atomic E-state index is 5.83. The molecule has 0 heterocycles. The summed E-state index contributed by atoms with van der Waals surface area (Å²) < 4.78 is 11.6. The molecule has 1 rings (SSSR count). The number of ether oxygens (including phenoxy) is 2. The Morgan fingerprint density at radius 3 is 2.61 bits per heavy atom. The van der Waals surface area contributed by atoms with Gasteiger partial charge in [0.1, 0.15) is 5.76 Å². The normalized spacial score (nSPS) is 12.5. The molecule has 100 valence electrons. The van der Waals surface area contributed by atoms with Gasteiger partial charge < -0.3 is 9.47 Å². The minimum absolute atomic E-state index is 0.159. The van der Waals surface area contributed by atoms with Crippen LogP contribution in [0, 0.1) is 6.92 Å². The van der Waals surface area contributed by atoms with E-state index in [0.29, 0.717) is 5.76 Å². The lowest BCUT2D eigenvalue weighted by Gasteiger charge is -2.22. The van der Waals surface area contributed by atoms with Gasteiger partial charge in [-0.15, -0.1) is 0 Å². The van der Waals surface area contributed by atoms with E-state index in [1.165, 1.54) is 5.56 Å². The second-order valence-corrected chi connectivity index (χ2v) is 4.81. The summed E-state index contributed by atoms with van der Waals surface area (Å²) in [6, 6.07) is 8.15. The highest BCUT2D eigenvalue weighted by atomic mass is 16.7. The third-order valence-electron chi connectivity index (χ3n) is 2.56. The lowest BCUT2D eigenvalue weighted by molar-refractivity contribution is -0.126. The molecule has 0 bridgehead atoms. The Kier molecular flexibility index (Phi) is 5.93. The van der Waals surface area contributed by atoms with Crippen molar-refractivity contribution in [1.29, 1.82) is 0 Å². The Balaban J connectivity index is 2.65. The zero-order valence-electron chi connectivity index (χ0n) is 11.9. The molecule has 0 fully saturated rings. The van der Waals surface area contributed by atoms with Crippen LogP contribution in [0.2, 0.25) is 0 Å². The fraction of sp³-hybridized carbons (Fsp3) is 0.500. The summed E-state index contributed by atoms with van der Waals surface area (Å²) in [4.78, 5) is 0. The monoisotopic (exact) mass is 248 g/mol. The smallest absolute Gasteiger partial charge is 0.200 e. The van der Waals surface area contributed by atoms with Gasteiger partial charge in [0.15, 0.2) is 6.29 Å². The molecule has 0 saturated carbocycles. The Labute approximate surface area is 111 Å². The Hall–Kier alpha value is -1.28. The molecule has 1 aromatic carbocycles. The van der Waals surface area contributed by atoms with Crippen molar-refractivity contribution in [2.45, 2.75) is 52.9 Å². The summed E-state index contributed by atoms with van der Waals surface area (Å²) in [6.07, 6.45) is 1.86. The van der Waals surface area contributed by atoms with Crippen molar-refractivity contribution in [1.82, 2.24) is 0 Å². The number of hydrogen-bond donors (Lipinski definition) is 0. The molecule has 0 N–H and O–H groups in total. The van der Waals surface area contributed by atoms with Gasteiger partial charge in [-0.2, -0.15) is 0 Å². The zero-order chi connectivity index (χ0) is 13.5. The van der Waals surface area contributed by atoms with E-state index in [-0.39, 0.29) is 12.4 Å². The number of rotatable bonds is 7. The SMILES string of the molecule is C=C(OC(CCC)OC(C)C)c1cccc(C)c1. The van der Waals surface area contributed by atoms with Gasteiger partial charge in [0.05, 0.1) is 6.10 Å². The van der Waals surface area contributed by atoms with E-state index in [4.69, 9.17) is 9.47 Å². The molecule has 1 aromatic rings. The van der Waals surface area contributed by atoms with Crippen molar-refractivity contribution in [3.63, 3.8) is 0 Å². The van der Waals surface area contributed by atoms with Crippen LogP contribution >= 0.6 is 0 Å². The standard InChI is InChI=1S/C16H24O2/c1-6-8-16(17-12(2)3)18-14(5)15-10-7-9-13(4)11-15/h7,9-12,16H,5-6,8H2,1-4H3. The predicted octanol–water partition coefficient (Wildman–Crippen LogP) is 4.53. The summed E-state index contributed by atoms with van der Waals surface area (Å²) >= 11 is 0. The molecule has 0 radical (unpaired) electrons. The largest absolute Gasteiger partial charge is 0.465 e. The van der Waals surface area contributed by atoms with Gasteiger partial charge in [-0.25, -0.2) is 0 Å². The number of hydrogen-bond acceptors (Lipinski definition) is 2. The number of aryl methyl sites for hydroxylation is 1. The first kappa shape index (κ1) is 14.8. The molecule has 0 spiro atoms. The van der Waals surface area contributed by atoms with E-state index in [0.717, 1.165) is 18.4 Å². The van der Waals surface area contributed by atoms with Crippen LogP contribution in [0.15, 0.2) is 30.8 Å². The first-order chi connectivity index (χ1) is 8.52. The van der Waals surface area contributed by atoms with Crippen LogP contribution in [0.25, 0.3) is 5.76 Å². The molecule has 0 saturated heterocycles. The molecule has 0 aromatic heterocycles. The van der Waals surface area contributed by atoms with Crippen LogP contribution in [0.5, 0.6) is 0 Å². The molecule has 18 heavy (non-hydrogen) atoms. The highest BCUT2D eigenvalue weighted by molar-refractivity contribution is 5.58. The summed E-state index contributed by atoms with van der Waals surface area (Å²) in [5.74, 6) is 0.679. The van der Waals surface area contributed by atoms with Crippen molar-refractivity contribution < 1.29 is 9.47 Å². The molecule has 0 aliphatic rings. The van der Waals surface area contributed by atoms with Gasteiger partial charge in [0, 0.05) is 12.0 Å². The lowest BCUT2D eigenvalue weighted by atomic mass is 10.1. The average molecular weight is 248 g/mol. The minimum atomic E-state index is -0.206. The van der Waals surface area contributed by atoms with E-state index in [2.05, 4.69) is 32.6 Å². The molecule has 2 nitrogen and oxygen atoms in total. The van der Waals surface area contributed by atoms with E-state index >= 15 is 0 Å². The summed E-state index contributed by atoms with van der Waals surface area (Å²) in [6.45, 7) is 12.2. The predicted molar refractivity (Wildman–Crippen MR) is 76.2 cm³/mol. The molecule has 1 unspecified atom stereocenters. The number of benzene rings is 1. The molecule has 0 aliphatic carbocycles. The average Bonchev–Trinajstić information content (AvgIpc) is 2.28. The minimum Gasteiger partial charge on any atom is -0.465 e. The van der Waals surface area contributed by atoms with Crippen LogP contribution in [-0.2, 0) is 9.47 Å². The third kappa shape index (κ3) is 4.92. The van der Waals surface area contributed by atoms with Crippen LogP contribution < -0.4 is 0 Å². The van der Waals surface area contributed by atoms with Crippen molar-refractivity contribution in [2.75, 3.05) is 0 Å². The van der Waals surface area contributed by atoms with Gasteiger partial charge in [-0.05, 0) is 26.8 Å². The van der Waals surface area contributed by atoms with Crippen LogP contribution in [-0.4, -0.2) is 12.4 Å². The molecule has 1 atom stereocenters. The van der Waals surface area contributed by atoms with Gasteiger partial charge in [0.2, 0.25) is 0 Å². The zero-order valence-corrected chi connectivity index (χ0v) is 11.9. The lowest BCUT2D eigenvalue weighted by Crippen LogP contribution is -2.20. The summed E-state index contributed by atoms with van der Waals surface area (Å²) in [5.41, 5.74) is 2.22. The van der Waals surface area contributed by atoms with Crippen molar-refractivity contribution in [3.8, 4) is 0 Å². The quantitative estimate of drug-likeness (QED) is 0.521. The topological polar surface area (TPSA) is 18.5 Å². The van der Waals surface area contributed by atoms with Gasteiger partial charge in [-0.3, -0.25) is 0 Å². The molecule has 2 heteroatoms. The van der Waals surface area contributed by atoms with Crippen LogP contribution in [0.1, 0.15) is 44.7 Å².